The number of rotatable bonds is 4. The Labute approximate surface area is 159 Å². The molecule has 0 aliphatic heterocycles. The molecule has 0 amide bonds. The van der Waals surface area contributed by atoms with Crippen LogP contribution in [0, 0.1) is 23.2 Å². The lowest BCUT2D eigenvalue weighted by molar-refractivity contribution is 0.103. The monoisotopic (exact) mass is 350 g/mol. The molecule has 0 spiro atoms. The minimum absolute atomic E-state index is 0.00987. The highest BCUT2D eigenvalue weighted by Crippen LogP contribution is 2.13. The van der Waals surface area contributed by atoms with Crippen molar-refractivity contribution in [3.8, 4) is 17.9 Å². The van der Waals surface area contributed by atoms with E-state index in [1.807, 2.05) is 78.7 Å². The molecule has 0 aromatic heterocycles. The Morgan fingerprint density at radius 1 is 0.852 bits per heavy atom. The van der Waals surface area contributed by atoms with Crippen LogP contribution in [0.4, 0.5) is 5.69 Å². The normalized spacial score (nSPS) is 9.63. The average Bonchev–Trinajstić information content (AvgIpc) is 2.74. The van der Waals surface area contributed by atoms with Gasteiger partial charge in [0.15, 0.2) is 5.78 Å². The van der Waals surface area contributed by atoms with Crippen molar-refractivity contribution in [3.05, 3.63) is 101 Å². The Kier molecular flexibility index (Phi) is 5.67. The van der Waals surface area contributed by atoms with E-state index >= 15 is 0 Å². The van der Waals surface area contributed by atoms with Crippen LogP contribution < -0.4 is 4.90 Å². The van der Waals surface area contributed by atoms with Crippen LogP contribution >= 0.6 is 0 Å². The van der Waals surface area contributed by atoms with Gasteiger partial charge in [0, 0.05) is 29.4 Å². The standard InChI is InChI=1S/C24H18N2O/c1-26(23-15-11-20(18-25)12-16-23)17-5-6-19-9-13-22(14-10-19)24(27)21-7-3-2-4-8-21/h2-4,7-16H,17H2,1H3. The maximum absolute atomic E-state index is 12.4. The van der Waals surface area contributed by atoms with Crippen molar-refractivity contribution in [3.63, 3.8) is 0 Å². The molecular weight excluding hydrogens is 332 g/mol. The molecule has 0 N–H and O–H groups in total. The summed E-state index contributed by atoms with van der Waals surface area (Å²) in [5.74, 6) is 6.26. The molecule has 27 heavy (non-hydrogen) atoms. The predicted octanol–water partition coefficient (Wildman–Crippen LogP) is 4.28. The molecule has 0 radical (unpaired) electrons. The first-order valence-electron chi connectivity index (χ1n) is 8.57. The molecule has 0 heterocycles. The van der Waals surface area contributed by atoms with Gasteiger partial charge in [-0.3, -0.25) is 4.79 Å². The van der Waals surface area contributed by atoms with Crippen molar-refractivity contribution < 1.29 is 4.79 Å². The SMILES string of the molecule is CN(CC#Cc1ccc(C(=O)c2ccccc2)cc1)c1ccc(C#N)cc1. The van der Waals surface area contributed by atoms with Gasteiger partial charge >= 0.3 is 0 Å². The van der Waals surface area contributed by atoms with Crippen LogP contribution in [-0.4, -0.2) is 19.4 Å². The van der Waals surface area contributed by atoms with E-state index in [0.29, 0.717) is 23.2 Å². The molecule has 0 fully saturated rings. The van der Waals surface area contributed by atoms with Gasteiger partial charge in [-0.2, -0.15) is 5.26 Å². The van der Waals surface area contributed by atoms with Gasteiger partial charge < -0.3 is 4.90 Å². The smallest absolute Gasteiger partial charge is 0.193 e. The maximum atomic E-state index is 12.4. The Morgan fingerprint density at radius 3 is 2.07 bits per heavy atom. The fraction of sp³-hybridized carbons (Fsp3) is 0.0833. The van der Waals surface area contributed by atoms with E-state index in [4.69, 9.17) is 5.26 Å². The van der Waals surface area contributed by atoms with Crippen molar-refractivity contribution in [1.29, 1.82) is 5.26 Å². The van der Waals surface area contributed by atoms with Crippen LogP contribution in [0.1, 0.15) is 27.0 Å². The van der Waals surface area contributed by atoms with Crippen LogP contribution in [0.2, 0.25) is 0 Å². The molecule has 0 bridgehead atoms. The highest BCUT2D eigenvalue weighted by Gasteiger charge is 2.07. The van der Waals surface area contributed by atoms with Gasteiger partial charge in [-0.25, -0.2) is 0 Å². The predicted molar refractivity (Wildman–Crippen MR) is 108 cm³/mol. The summed E-state index contributed by atoms with van der Waals surface area (Å²) in [4.78, 5) is 14.4. The molecule has 0 saturated carbocycles. The van der Waals surface area contributed by atoms with Gasteiger partial charge in [0.2, 0.25) is 0 Å². The topological polar surface area (TPSA) is 44.1 Å². The Balaban J connectivity index is 1.63. The molecule has 0 atom stereocenters. The van der Waals surface area contributed by atoms with Gasteiger partial charge in [0.1, 0.15) is 0 Å². The lowest BCUT2D eigenvalue weighted by Gasteiger charge is -2.15. The second-order valence-corrected chi connectivity index (χ2v) is 6.09. The zero-order valence-corrected chi connectivity index (χ0v) is 15.0. The quantitative estimate of drug-likeness (QED) is 0.521. The van der Waals surface area contributed by atoms with Crippen LogP contribution in [0.25, 0.3) is 0 Å². The van der Waals surface area contributed by atoms with Crippen molar-refractivity contribution in [2.24, 2.45) is 0 Å². The summed E-state index contributed by atoms with van der Waals surface area (Å²) in [7, 11) is 1.96. The second-order valence-electron chi connectivity index (χ2n) is 6.09. The molecule has 3 nitrogen and oxygen atoms in total. The number of carbonyl (C=O) groups is 1. The van der Waals surface area contributed by atoms with Gasteiger partial charge in [0.05, 0.1) is 18.2 Å². The van der Waals surface area contributed by atoms with Crippen molar-refractivity contribution in [2.45, 2.75) is 0 Å². The number of ketones is 1. The van der Waals surface area contributed by atoms with Crippen LogP contribution in [-0.2, 0) is 0 Å². The summed E-state index contributed by atoms with van der Waals surface area (Å²) >= 11 is 0. The van der Waals surface area contributed by atoms with Gasteiger partial charge in [-0.15, -0.1) is 0 Å². The number of anilines is 1. The molecule has 0 unspecified atom stereocenters. The Hall–Kier alpha value is -3.82. The van der Waals surface area contributed by atoms with Gasteiger partial charge in [0.25, 0.3) is 0 Å². The average molecular weight is 350 g/mol. The van der Waals surface area contributed by atoms with E-state index in [0.717, 1.165) is 11.3 Å². The summed E-state index contributed by atoms with van der Waals surface area (Å²) in [5.41, 5.74) is 3.85. The highest BCUT2D eigenvalue weighted by molar-refractivity contribution is 6.08. The molecule has 0 aliphatic rings. The Morgan fingerprint density at radius 2 is 1.44 bits per heavy atom. The molecule has 0 saturated heterocycles. The zero-order valence-electron chi connectivity index (χ0n) is 15.0. The molecule has 130 valence electrons. The molecule has 0 aliphatic carbocycles. The van der Waals surface area contributed by atoms with Crippen LogP contribution in [0.3, 0.4) is 0 Å². The van der Waals surface area contributed by atoms with E-state index in [1.165, 1.54) is 0 Å². The first kappa shape index (κ1) is 18.0. The number of hydrogen-bond acceptors (Lipinski definition) is 3. The van der Waals surface area contributed by atoms with E-state index < -0.39 is 0 Å². The number of nitrogens with zero attached hydrogens (tertiary/aromatic N) is 2. The lowest BCUT2D eigenvalue weighted by Crippen LogP contribution is -2.16. The van der Waals surface area contributed by atoms with E-state index in [2.05, 4.69) is 17.9 Å². The summed E-state index contributed by atoms with van der Waals surface area (Å²) in [5, 5.41) is 8.85. The van der Waals surface area contributed by atoms with Crippen LogP contribution in [0.15, 0.2) is 78.9 Å². The zero-order chi connectivity index (χ0) is 19.1. The third-order valence-corrected chi connectivity index (χ3v) is 4.17. The van der Waals surface area contributed by atoms with Crippen molar-refractivity contribution in [1.82, 2.24) is 0 Å². The first-order chi connectivity index (χ1) is 13.2. The summed E-state index contributed by atoms with van der Waals surface area (Å²) in [6.45, 7) is 0.566. The largest absolute Gasteiger partial charge is 0.363 e. The first-order valence-corrected chi connectivity index (χ1v) is 8.57. The minimum Gasteiger partial charge on any atom is -0.363 e. The molecule has 3 aromatic rings. The van der Waals surface area contributed by atoms with Crippen molar-refractivity contribution in [2.75, 3.05) is 18.5 Å². The van der Waals surface area contributed by atoms with Gasteiger partial charge in [-0.05, 0) is 48.5 Å². The second kappa shape index (κ2) is 8.52. The van der Waals surface area contributed by atoms with E-state index in [-0.39, 0.29) is 5.78 Å². The number of carbonyl (C=O) groups excluding carboxylic acids is 1. The molecule has 3 rings (SSSR count). The third kappa shape index (κ3) is 4.63. The van der Waals surface area contributed by atoms with Crippen LogP contribution in [0.5, 0.6) is 0 Å². The molecular formula is C24H18N2O. The minimum atomic E-state index is 0.00987. The number of nitriles is 1. The van der Waals surface area contributed by atoms with E-state index in [9.17, 15) is 4.79 Å². The summed E-state index contributed by atoms with van der Waals surface area (Å²) < 4.78 is 0. The van der Waals surface area contributed by atoms with Crippen molar-refractivity contribution >= 4 is 11.5 Å². The maximum Gasteiger partial charge on any atom is 0.193 e. The number of benzene rings is 3. The van der Waals surface area contributed by atoms with E-state index in [1.54, 1.807) is 12.1 Å². The summed E-state index contributed by atoms with van der Waals surface area (Å²) in [6, 6.07) is 26.1. The number of hydrogen-bond donors (Lipinski definition) is 0. The summed E-state index contributed by atoms with van der Waals surface area (Å²) in [6.07, 6.45) is 0. The lowest BCUT2D eigenvalue weighted by atomic mass is 10.0. The molecule has 3 aromatic carbocycles. The fourth-order valence-electron chi connectivity index (χ4n) is 2.60. The highest BCUT2D eigenvalue weighted by atomic mass is 16.1. The fourth-order valence-corrected chi connectivity index (χ4v) is 2.60. The van der Waals surface area contributed by atoms with Gasteiger partial charge in [-0.1, -0.05) is 42.2 Å². The Bertz CT molecular complexity index is 1020. The molecule has 3 heteroatoms. The third-order valence-electron chi connectivity index (χ3n) is 4.17.